The van der Waals surface area contributed by atoms with Crippen molar-refractivity contribution in [2.45, 2.75) is 26.3 Å². The maximum atomic E-state index is 6.33. The molecule has 0 spiro atoms. The van der Waals surface area contributed by atoms with Gasteiger partial charge in [-0.2, -0.15) is 0 Å². The highest BCUT2D eigenvalue weighted by Crippen LogP contribution is 2.21. The number of hydrogen-bond donors (Lipinski definition) is 1. The summed E-state index contributed by atoms with van der Waals surface area (Å²) in [6.45, 7) is 4.24. The van der Waals surface area contributed by atoms with E-state index in [0.29, 0.717) is 0 Å². The summed E-state index contributed by atoms with van der Waals surface area (Å²) in [4.78, 5) is 0. The predicted octanol–water partition coefficient (Wildman–Crippen LogP) is 4.15. The number of hydrogen-bond acceptors (Lipinski definition) is 1. The second-order valence-corrected chi connectivity index (χ2v) is 6.04. The van der Waals surface area contributed by atoms with E-state index in [0.717, 1.165) is 6.42 Å². The minimum atomic E-state index is 0.0740. The van der Waals surface area contributed by atoms with E-state index in [4.69, 9.17) is 5.73 Å². The summed E-state index contributed by atoms with van der Waals surface area (Å²) in [5, 5.41) is 0. The first-order valence-corrected chi connectivity index (χ1v) is 7.21. The van der Waals surface area contributed by atoms with Crippen LogP contribution >= 0.6 is 22.6 Å². The molecule has 18 heavy (non-hydrogen) atoms. The van der Waals surface area contributed by atoms with Gasteiger partial charge in [-0.1, -0.05) is 35.9 Å². The second-order valence-electron chi connectivity index (χ2n) is 4.80. The molecule has 0 heterocycles. The van der Waals surface area contributed by atoms with Crippen molar-refractivity contribution >= 4 is 22.6 Å². The molecule has 0 bridgehead atoms. The predicted molar refractivity (Wildman–Crippen MR) is 85.7 cm³/mol. The smallest absolute Gasteiger partial charge is 0.0338 e. The van der Waals surface area contributed by atoms with Crippen LogP contribution in [0.25, 0.3) is 0 Å². The number of aryl methyl sites for hydroxylation is 2. The number of benzene rings is 2. The molecular weight excluding hydrogens is 333 g/mol. The fraction of sp³-hybridized carbons (Fsp3) is 0.250. The van der Waals surface area contributed by atoms with Crippen LogP contribution in [-0.4, -0.2) is 0 Å². The lowest BCUT2D eigenvalue weighted by atomic mass is 9.95. The van der Waals surface area contributed by atoms with Crippen LogP contribution in [0.1, 0.15) is 28.3 Å². The van der Waals surface area contributed by atoms with E-state index in [2.05, 4.69) is 78.9 Å². The third-order valence-corrected chi connectivity index (χ3v) is 3.92. The number of nitrogens with two attached hydrogens (primary N) is 1. The van der Waals surface area contributed by atoms with Gasteiger partial charge in [0.1, 0.15) is 0 Å². The third kappa shape index (κ3) is 3.33. The minimum Gasteiger partial charge on any atom is -0.324 e. The summed E-state index contributed by atoms with van der Waals surface area (Å²) in [5.74, 6) is 0. The average molecular weight is 351 g/mol. The third-order valence-electron chi connectivity index (χ3n) is 3.20. The molecule has 0 saturated heterocycles. The van der Waals surface area contributed by atoms with Crippen LogP contribution < -0.4 is 5.73 Å². The lowest BCUT2D eigenvalue weighted by Gasteiger charge is -2.15. The quantitative estimate of drug-likeness (QED) is 0.826. The van der Waals surface area contributed by atoms with Crippen molar-refractivity contribution in [1.82, 2.24) is 0 Å². The molecule has 2 N–H and O–H groups in total. The van der Waals surface area contributed by atoms with Crippen molar-refractivity contribution in [3.8, 4) is 0 Å². The normalized spacial score (nSPS) is 12.4. The van der Waals surface area contributed by atoms with Gasteiger partial charge in [-0.15, -0.1) is 0 Å². The minimum absolute atomic E-state index is 0.0740. The lowest BCUT2D eigenvalue weighted by Crippen LogP contribution is -2.14. The Hall–Kier alpha value is -0.870. The molecule has 2 heteroatoms. The Kier molecular flexibility index (Phi) is 4.40. The molecule has 1 unspecified atom stereocenters. The molecule has 94 valence electrons. The Morgan fingerprint density at radius 3 is 2.39 bits per heavy atom. The highest BCUT2D eigenvalue weighted by molar-refractivity contribution is 14.1. The van der Waals surface area contributed by atoms with Crippen molar-refractivity contribution in [3.05, 3.63) is 68.3 Å². The van der Waals surface area contributed by atoms with Crippen LogP contribution in [0.2, 0.25) is 0 Å². The van der Waals surface area contributed by atoms with Crippen LogP contribution in [0.4, 0.5) is 0 Å². The van der Waals surface area contributed by atoms with Gasteiger partial charge in [-0.3, -0.25) is 0 Å². The molecule has 0 saturated carbocycles. The maximum Gasteiger partial charge on any atom is 0.0338 e. The Balaban J connectivity index is 2.18. The van der Waals surface area contributed by atoms with Crippen molar-refractivity contribution in [3.63, 3.8) is 0 Å². The van der Waals surface area contributed by atoms with Gasteiger partial charge in [-0.05, 0) is 71.7 Å². The van der Waals surface area contributed by atoms with E-state index >= 15 is 0 Å². The molecule has 0 aliphatic rings. The van der Waals surface area contributed by atoms with Crippen LogP contribution in [-0.2, 0) is 6.42 Å². The monoisotopic (exact) mass is 351 g/mol. The Bertz CT molecular complexity index is 531. The zero-order valence-corrected chi connectivity index (χ0v) is 12.9. The molecule has 2 aromatic carbocycles. The summed E-state index contributed by atoms with van der Waals surface area (Å²) < 4.78 is 1.26. The molecule has 2 rings (SSSR count). The van der Waals surface area contributed by atoms with Crippen molar-refractivity contribution in [2.24, 2.45) is 5.73 Å². The first-order chi connectivity index (χ1) is 8.56. The van der Waals surface area contributed by atoms with Crippen molar-refractivity contribution in [1.29, 1.82) is 0 Å². The van der Waals surface area contributed by atoms with Gasteiger partial charge < -0.3 is 5.73 Å². The van der Waals surface area contributed by atoms with Gasteiger partial charge in [0, 0.05) is 9.61 Å². The molecule has 0 aromatic heterocycles. The summed E-state index contributed by atoms with van der Waals surface area (Å²) in [5.41, 5.74) is 11.4. The van der Waals surface area contributed by atoms with Gasteiger partial charge in [-0.25, -0.2) is 0 Å². The zero-order valence-electron chi connectivity index (χ0n) is 10.8. The highest BCUT2D eigenvalue weighted by Gasteiger charge is 2.10. The Morgan fingerprint density at radius 1 is 1.06 bits per heavy atom. The first-order valence-electron chi connectivity index (χ1n) is 6.13. The average Bonchev–Trinajstić information content (AvgIpc) is 2.35. The molecular formula is C16H18IN. The standard InChI is InChI=1S/C16H18IN/c1-11-3-4-12(2)15(9-11)16(18)10-13-5-7-14(17)8-6-13/h3-9,16H,10,18H2,1-2H3. The van der Waals surface area contributed by atoms with E-state index in [-0.39, 0.29) is 6.04 Å². The van der Waals surface area contributed by atoms with E-state index in [1.54, 1.807) is 0 Å². The summed E-state index contributed by atoms with van der Waals surface area (Å²) in [6.07, 6.45) is 0.890. The second kappa shape index (κ2) is 5.85. The molecule has 0 aliphatic carbocycles. The number of halogens is 1. The topological polar surface area (TPSA) is 26.0 Å². The zero-order chi connectivity index (χ0) is 13.1. The van der Waals surface area contributed by atoms with Gasteiger partial charge in [0.25, 0.3) is 0 Å². The lowest BCUT2D eigenvalue weighted by molar-refractivity contribution is 0.716. The first kappa shape index (κ1) is 13.6. The molecule has 1 atom stereocenters. The van der Waals surface area contributed by atoms with E-state index in [1.807, 2.05) is 0 Å². The van der Waals surface area contributed by atoms with E-state index < -0.39 is 0 Å². The van der Waals surface area contributed by atoms with E-state index in [1.165, 1.54) is 25.8 Å². The molecule has 0 radical (unpaired) electrons. The fourth-order valence-electron chi connectivity index (χ4n) is 2.14. The van der Waals surface area contributed by atoms with Crippen molar-refractivity contribution in [2.75, 3.05) is 0 Å². The molecule has 0 amide bonds. The Labute approximate surface area is 123 Å². The van der Waals surface area contributed by atoms with Crippen LogP contribution in [0.15, 0.2) is 42.5 Å². The van der Waals surface area contributed by atoms with Gasteiger partial charge in [0.15, 0.2) is 0 Å². The van der Waals surface area contributed by atoms with Crippen LogP contribution in [0.5, 0.6) is 0 Å². The van der Waals surface area contributed by atoms with E-state index in [9.17, 15) is 0 Å². The maximum absolute atomic E-state index is 6.33. The Morgan fingerprint density at radius 2 is 1.72 bits per heavy atom. The SMILES string of the molecule is Cc1ccc(C)c(C(N)Cc2ccc(I)cc2)c1. The molecule has 0 aliphatic heterocycles. The molecule has 1 nitrogen and oxygen atoms in total. The number of rotatable bonds is 3. The van der Waals surface area contributed by atoms with Gasteiger partial charge in [0.2, 0.25) is 0 Å². The molecule has 0 fully saturated rings. The summed E-state index contributed by atoms with van der Waals surface area (Å²) in [7, 11) is 0. The van der Waals surface area contributed by atoms with Crippen LogP contribution in [0.3, 0.4) is 0 Å². The largest absolute Gasteiger partial charge is 0.324 e. The summed E-state index contributed by atoms with van der Waals surface area (Å²) in [6, 6.07) is 15.1. The van der Waals surface area contributed by atoms with Gasteiger partial charge in [0.05, 0.1) is 0 Å². The summed E-state index contributed by atoms with van der Waals surface area (Å²) >= 11 is 2.32. The molecule has 2 aromatic rings. The van der Waals surface area contributed by atoms with Crippen molar-refractivity contribution < 1.29 is 0 Å². The van der Waals surface area contributed by atoms with Gasteiger partial charge >= 0.3 is 0 Å². The van der Waals surface area contributed by atoms with Crippen LogP contribution in [0, 0.1) is 17.4 Å². The highest BCUT2D eigenvalue weighted by atomic mass is 127. The fourth-order valence-corrected chi connectivity index (χ4v) is 2.50.